The van der Waals surface area contributed by atoms with Crippen molar-refractivity contribution in [3.63, 3.8) is 0 Å². The summed E-state index contributed by atoms with van der Waals surface area (Å²) in [4.78, 5) is 22.8. The first-order chi connectivity index (χ1) is 6.65. The summed E-state index contributed by atoms with van der Waals surface area (Å²) in [5.41, 5.74) is 0. The number of Topliss-reactive ketones (excluding diaryl/α,β-unsaturated/α-hetero) is 1. The van der Waals surface area contributed by atoms with Crippen LogP contribution in [0, 0.1) is 5.92 Å². The number of hydrogen-bond acceptors (Lipinski definition) is 4. The predicted octanol–water partition coefficient (Wildman–Crippen LogP) is 0.670. The smallest absolute Gasteiger partial charge is 0.316 e. The minimum Gasteiger partial charge on any atom is -0.465 e. The standard InChI is InChI=1S/C10H16O4/c1-2-14-10(13)8-6-7(11)4-3-5-9(8)12/h7-8,11H,2-6H2,1H3. The second-order valence-corrected chi connectivity index (χ2v) is 3.55. The van der Waals surface area contributed by atoms with E-state index in [0.717, 1.165) is 0 Å². The Hall–Kier alpha value is -0.900. The number of ether oxygens (including phenoxy) is 1. The zero-order valence-electron chi connectivity index (χ0n) is 8.36. The fourth-order valence-electron chi connectivity index (χ4n) is 1.68. The fourth-order valence-corrected chi connectivity index (χ4v) is 1.68. The van der Waals surface area contributed by atoms with Crippen LogP contribution in [0.5, 0.6) is 0 Å². The first-order valence-corrected chi connectivity index (χ1v) is 5.02. The molecule has 4 nitrogen and oxygen atoms in total. The Kier molecular flexibility index (Phi) is 4.07. The number of rotatable bonds is 2. The molecule has 0 amide bonds. The summed E-state index contributed by atoms with van der Waals surface area (Å²) in [6.07, 6.45) is 1.31. The van der Waals surface area contributed by atoms with E-state index in [1.807, 2.05) is 0 Å². The molecule has 0 spiro atoms. The van der Waals surface area contributed by atoms with Crippen LogP contribution in [-0.4, -0.2) is 29.6 Å². The molecule has 0 radical (unpaired) electrons. The van der Waals surface area contributed by atoms with Gasteiger partial charge in [0.15, 0.2) is 0 Å². The number of hydrogen-bond donors (Lipinski definition) is 1. The molecule has 14 heavy (non-hydrogen) atoms. The van der Waals surface area contributed by atoms with E-state index < -0.39 is 18.0 Å². The molecule has 1 aliphatic carbocycles. The van der Waals surface area contributed by atoms with Crippen LogP contribution in [0.4, 0.5) is 0 Å². The van der Waals surface area contributed by atoms with Crippen LogP contribution in [0.3, 0.4) is 0 Å². The summed E-state index contributed by atoms with van der Waals surface area (Å²) >= 11 is 0. The monoisotopic (exact) mass is 200 g/mol. The number of aliphatic hydroxyl groups is 1. The lowest BCUT2D eigenvalue weighted by atomic mass is 9.98. The largest absolute Gasteiger partial charge is 0.465 e. The maximum Gasteiger partial charge on any atom is 0.316 e. The summed E-state index contributed by atoms with van der Waals surface area (Å²) in [5, 5.41) is 9.43. The van der Waals surface area contributed by atoms with Gasteiger partial charge in [-0.3, -0.25) is 9.59 Å². The molecule has 80 valence electrons. The van der Waals surface area contributed by atoms with Crippen LogP contribution in [0.15, 0.2) is 0 Å². The zero-order chi connectivity index (χ0) is 10.6. The summed E-state index contributed by atoms with van der Waals surface area (Å²) in [7, 11) is 0. The molecule has 1 saturated carbocycles. The van der Waals surface area contributed by atoms with Gasteiger partial charge in [0.05, 0.1) is 12.7 Å². The Labute approximate surface area is 83.2 Å². The van der Waals surface area contributed by atoms with Gasteiger partial charge in [0.2, 0.25) is 0 Å². The molecule has 1 fully saturated rings. The SMILES string of the molecule is CCOC(=O)C1CC(O)CCCC1=O. The summed E-state index contributed by atoms with van der Waals surface area (Å²) in [5.74, 6) is -1.33. The minimum absolute atomic E-state index is 0.0972. The van der Waals surface area contributed by atoms with E-state index in [2.05, 4.69) is 0 Å². The summed E-state index contributed by atoms with van der Waals surface area (Å²) < 4.78 is 4.78. The first-order valence-electron chi connectivity index (χ1n) is 5.02. The number of ketones is 1. The van der Waals surface area contributed by atoms with E-state index >= 15 is 0 Å². The number of carbonyl (C=O) groups excluding carboxylic acids is 2. The van der Waals surface area contributed by atoms with Gasteiger partial charge < -0.3 is 9.84 Å². The third-order valence-electron chi connectivity index (χ3n) is 2.43. The average Bonchev–Trinajstić information content (AvgIpc) is 2.29. The van der Waals surface area contributed by atoms with Gasteiger partial charge in [0, 0.05) is 6.42 Å². The highest BCUT2D eigenvalue weighted by Crippen LogP contribution is 2.21. The molecule has 1 rings (SSSR count). The number of esters is 1. The van der Waals surface area contributed by atoms with Gasteiger partial charge in [0.25, 0.3) is 0 Å². The van der Waals surface area contributed by atoms with Crippen LogP contribution < -0.4 is 0 Å². The van der Waals surface area contributed by atoms with E-state index in [9.17, 15) is 14.7 Å². The highest BCUT2D eigenvalue weighted by molar-refractivity contribution is 5.99. The molecule has 4 heteroatoms. The molecule has 2 unspecified atom stereocenters. The van der Waals surface area contributed by atoms with Crippen LogP contribution >= 0.6 is 0 Å². The summed E-state index contributed by atoms with van der Waals surface area (Å²) in [6, 6.07) is 0. The van der Waals surface area contributed by atoms with E-state index in [4.69, 9.17) is 4.74 Å². The third-order valence-corrected chi connectivity index (χ3v) is 2.43. The first kappa shape index (κ1) is 11.2. The highest BCUT2D eigenvalue weighted by Gasteiger charge is 2.32. The molecule has 0 aliphatic heterocycles. The fraction of sp³-hybridized carbons (Fsp3) is 0.800. The normalized spacial score (nSPS) is 28.3. The van der Waals surface area contributed by atoms with E-state index in [0.29, 0.717) is 19.3 Å². The molecule has 0 aromatic heterocycles. The Morgan fingerprint density at radius 1 is 1.64 bits per heavy atom. The van der Waals surface area contributed by atoms with Gasteiger partial charge in [-0.1, -0.05) is 0 Å². The lowest BCUT2D eigenvalue weighted by Crippen LogP contribution is -2.27. The Balaban J connectivity index is 2.62. The van der Waals surface area contributed by atoms with Gasteiger partial charge in [0.1, 0.15) is 11.7 Å². The van der Waals surface area contributed by atoms with Crippen LogP contribution in [0.1, 0.15) is 32.6 Å². The molecule has 0 aromatic rings. The van der Waals surface area contributed by atoms with Gasteiger partial charge >= 0.3 is 5.97 Å². The Morgan fingerprint density at radius 2 is 2.36 bits per heavy atom. The Morgan fingerprint density at radius 3 is 3.00 bits per heavy atom. The second kappa shape index (κ2) is 5.10. The average molecular weight is 200 g/mol. The van der Waals surface area contributed by atoms with Crippen molar-refractivity contribution in [3.05, 3.63) is 0 Å². The van der Waals surface area contributed by atoms with Crippen molar-refractivity contribution >= 4 is 11.8 Å². The summed E-state index contributed by atoms with van der Waals surface area (Å²) in [6.45, 7) is 1.98. The van der Waals surface area contributed by atoms with Gasteiger partial charge in [-0.25, -0.2) is 0 Å². The molecule has 0 bridgehead atoms. The van der Waals surface area contributed by atoms with Crippen LogP contribution in [0.2, 0.25) is 0 Å². The molecular formula is C10H16O4. The lowest BCUT2D eigenvalue weighted by molar-refractivity contribution is -0.152. The van der Waals surface area contributed by atoms with E-state index in [1.54, 1.807) is 6.92 Å². The van der Waals surface area contributed by atoms with E-state index in [1.165, 1.54) is 0 Å². The van der Waals surface area contributed by atoms with Crippen molar-refractivity contribution in [2.75, 3.05) is 6.61 Å². The molecule has 2 atom stereocenters. The van der Waals surface area contributed by atoms with Gasteiger partial charge in [-0.05, 0) is 26.2 Å². The van der Waals surface area contributed by atoms with Crippen molar-refractivity contribution < 1.29 is 19.4 Å². The van der Waals surface area contributed by atoms with Gasteiger partial charge in [-0.15, -0.1) is 0 Å². The molecule has 1 N–H and O–H groups in total. The van der Waals surface area contributed by atoms with Crippen molar-refractivity contribution in [1.29, 1.82) is 0 Å². The Bertz CT molecular complexity index is 224. The predicted molar refractivity (Wildman–Crippen MR) is 49.6 cm³/mol. The van der Waals surface area contributed by atoms with Crippen molar-refractivity contribution in [2.45, 2.75) is 38.7 Å². The van der Waals surface area contributed by atoms with Crippen LogP contribution in [0.25, 0.3) is 0 Å². The maximum absolute atomic E-state index is 11.5. The quantitative estimate of drug-likeness (QED) is 0.404. The number of carbonyl (C=O) groups is 2. The lowest BCUT2D eigenvalue weighted by Gasteiger charge is -2.13. The molecule has 1 aliphatic rings. The van der Waals surface area contributed by atoms with E-state index in [-0.39, 0.29) is 18.8 Å². The molecule has 0 saturated heterocycles. The zero-order valence-corrected chi connectivity index (χ0v) is 8.36. The maximum atomic E-state index is 11.5. The minimum atomic E-state index is -0.743. The molecule has 0 heterocycles. The van der Waals surface area contributed by atoms with Gasteiger partial charge in [-0.2, -0.15) is 0 Å². The van der Waals surface area contributed by atoms with Crippen LogP contribution in [-0.2, 0) is 14.3 Å². The van der Waals surface area contributed by atoms with Crippen molar-refractivity contribution in [1.82, 2.24) is 0 Å². The molecular weight excluding hydrogens is 184 g/mol. The molecule has 0 aromatic carbocycles. The number of aliphatic hydroxyl groups excluding tert-OH is 1. The van der Waals surface area contributed by atoms with Crippen molar-refractivity contribution in [3.8, 4) is 0 Å². The highest BCUT2D eigenvalue weighted by atomic mass is 16.5. The third kappa shape index (κ3) is 2.80. The topological polar surface area (TPSA) is 63.6 Å². The second-order valence-electron chi connectivity index (χ2n) is 3.55. The van der Waals surface area contributed by atoms with Crippen molar-refractivity contribution in [2.24, 2.45) is 5.92 Å².